The van der Waals surface area contributed by atoms with Crippen LogP contribution in [0.2, 0.25) is 0 Å². The predicted octanol–water partition coefficient (Wildman–Crippen LogP) is 14.6. The molecule has 10 aromatic heterocycles. The Morgan fingerprint density at radius 3 is 1.11 bits per heavy atom. The smallest absolute Gasteiger partial charge is 1.00 e. The topological polar surface area (TPSA) is 325 Å². The van der Waals surface area contributed by atoms with Gasteiger partial charge in [0.05, 0.1) is 46.3 Å². The number of H-pyrrole nitrogens is 1. The van der Waals surface area contributed by atoms with Gasteiger partial charge in [0.15, 0.2) is 17.3 Å². The summed E-state index contributed by atoms with van der Waals surface area (Å²) in [5, 5.41) is 32.2. The maximum absolute atomic E-state index is 12.5. The molecule has 616 valence electrons. The van der Waals surface area contributed by atoms with Crippen LogP contribution in [0.4, 0.5) is 0 Å². The fraction of sp³-hybridized carbons (Fsp3) is 0.396. The second-order valence-electron chi connectivity index (χ2n) is 33.4. The molecule has 4 N–H and O–H groups in total. The third-order valence-corrected chi connectivity index (χ3v) is 20.6. The number of rotatable bonds is 22. The minimum Gasteiger partial charge on any atom is -1.00 e. The fourth-order valence-corrected chi connectivity index (χ4v) is 13.2. The number of carboxylic acid groups (broad SMARTS) is 1. The summed E-state index contributed by atoms with van der Waals surface area (Å²) in [4.78, 5) is 116. The number of carbonyl (C=O) groups is 8. The zero-order valence-electron chi connectivity index (χ0n) is 69.6. The van der Waals surface area contributed by atoms with Crippen molar-refractivity contribution in [2.75, 3.05) is 18.5 Å². The van der Waals surface area contributed by atoms with Crippen molar-refractivity contribution in [3.8, 4) is 0 Å². The second kappa shape index (κ2) is 40.7. The van der Waals surface area contributed by atoms with E-state index in [1.54, 1.807) is 55.0 Å². The van der Waals surface area contributed by atoms with Gasteiger partial charge in [-0.3, -0.25) is 33.9 Å². The summed E-state index contributed by atoms with van der Waals surface area (Å²) in [6.45, 7) is 19.8. The molecule has 5 aliphatic carbocycles. The Labute approximate surface area is 722 Å². The molecule has 5 fully saturated rings. The number of aliphatic hydroxyl groups is 2. The van der Waals surface area contributed by atoms with Gasteiger partial charge in [0.1, 0.15) is 47.1 Å². The number of carboxylic acids is 1. The number of ketones is 3. The van der Waals surface area contributed by atoms with Crippen LogP contribution in [0.5, 0.6) is 0 Å². The normalized spacial score (nSPS) is 14.2. The number of carbonyl (C=O) groups excluding carboxylic acids is 7. The average molecular weight is 1700 g/mol. The van der Waals surface area contributed by atoms with E-state index in [-0.39, 0.29) is 78.8 Å². The number of halogens is 2. The Kier molecular flexibility index (Phi) is 31.2. The van der Waals surface area contributed by atoms with Crippen LogP contribution in [0.3, 0.4) is 0 Å². The van der Waals surface area contributed by atoms with E-state index in [9.17, 15) is 38.4 Å². The van der Waals surface area contributed by atoms with Crippen LogP contribution in [-0.2, 0) is 58.0 Å². The summed E-state index contributed by atoms with van der Waals surface area (Å²) in [5.74, 6) is 1.49. The van der Waals surface area contributed by atoms with Crippen LogP contribution in [0.1, 0.15) is 212 Å². The molecule has 0 spiro atoms. The van der Waals surface area contributed by atoms with Gasteiger partial charge in [-0.15, -0.1) is 0 Å². The molecule has 27 heteroatoms. The monoisotopic (exact) mass is 1700 g/mol. The number of Topliss-reactive ketones (excluding diaryl/α,β-unsaturated/α-hetero) is 3. The molecule has 0 unspecified atom stereocenters. The molecule has 12 aromatic rings. The molecule has 5 aliphatic rings. The van der Waals surface area contributed by atoms with Crippen molar-refractivity contribution in [1.29, 1.82) is 0 Å². The minimum absolute atomic E-state index is 0. The number of benzene rings is 2. The largest absolute Gasteiger partial charge is 1.00 e. The molecular formula is C91H103BrClN10NaO14. The first kappa shape index (κ1) is 90.5. The number of nitrogens with zero attached hydrogens (tertiary/aromatic N) is 9. The SMILES string of the molecule is BrCC1CC1.CC(C)(C)OC(=O)Cc1cc2c(ccn2CC2CC2)cn1.CC(C)(C)OC(=O)c1cc2[nH]ccc2cn1.CC(C)(C)OC(=O)c1cc2c(ccn2CC2CC2)cn1.O=C(CO)c1ccc(C(=O)Cc2cc3c(ccn3CC3CC3)cn2)cc1.O=C(Cl)c1ccc(C(=O)CO)cc1.O=C(O)c1cc2c(ccn2CC2CC2)cn1.[H-].[Na+]. The zero-order chi connectivity index (χ0) is 83.9. The van der Waals surface area contributed by atoms with Gasteiger partial charge >= 0.3 is 53.4 Å². The number of fused-ring (bicyclic) bond motifs is 5. The van der Waals surface area contributed by atoms with Crippen molar-refractivity contribution in [3.63, 3.8) is 0 Å². The maximum atomic E-state index is 12.5. The number of esters is 3. The van der Waals surface area contributed by atoms with Crippen molar-refractivity contribution in [2.24, 2.45) is 29.6 Å². The quantitative estimate of drug-likeness (QED) is 0.0122. The van der Waals surface area contributed by atoms with Gasteiger partial charge in [-0.2, -0.15) is 0 Å². The third-order valence-electron chi connectivity index (χ3n) is 19.5. The van der Waals surface area contributed by atoms with Crippen LogP contribution < -0.4 is 29.6 Å². The van der Waals surface area contributed by atoms with Gasteiger partial charge in [0.2, 0.25) is 0 Å². The molecule has 0 aliphatic heterocycles. The van der Waals surface area contributed by atoms with Crippen molar-refractivity contribution in [3.05, 3.63) is 222 Å². The average Bonchev–Trinajstić information content (AvgIpc) is 1.68. The van der Waals surface area contributed by atoms with Crippen molar-refractivity contribution in [1.82, 2.24) is 48.2 Å². The Morgan fingerprint density at radius 2 is 0.763 bits per heavy atom. The number of aromatic nitrogens is 10. The molecule has 0 saturated heterocycles. The number of nitrogens with one attached hydrogen (secondary N) is 1. The zero-order valence-corrected chi connectivity index (χ0v) is 72.9. The van der Waals surface area contributed by atoms with Crippen molar-refractivity contribution >= 4 is 129 Å². The summed E-state index contributed by atoms with van der Waals surface area (Å²) in [7, 11) is 0. The van der Waals surface area contributed by atoms with Crippen molar-refractivity contribution in [2.45, 2.75) is 182 Å². The second-order valence-corrected chi connectivity index (χ2v) is 34.4. The van der Waals surface area contributed by atoms with Gasteiger partial charge < -0.3 is 54.2 Å². The first-order valence-electron chi connectivity index (χ1n) is 39.6. The molecule has 0 atom stereocenters. The number of hydrogen-bond donors (Lipinski definition) is 4. The summed E-state index contributed by atoms with van der Waals surface area (Å²) >= 11 is 8.57. The fourth-order valence-electron chi connectivity index (χ4n) is 12.4. The maximum Gasteiger partial charge on any atom is 1.00 e. The van der Waals surface area contributed by atoms with Crippen LogP contribution in [0.25, 0.3) is 54.5 Å². The number of pyridine rings is 5. The number of aromatic amines is 1. The van der Waals surface area contributed by atoms with Gasteiger partial charge in [0, 0.05) is 148 Å². The van der Waals surface area contributed by atoms with E-state index < -0.39 is 47.2 Å². The number of alkyl halides is 1. The van der Waals surface area contributed by atoms with E-state index >= 15 is 0 Å². The van der Waals surface area contributed by atoms with E-state index in [1.165, 1.54) is 93.8 Å². The molecule has 10 heterocycles. The molecule has 0 radical (unpaired) electrons. The van der Waals surface area contributed by atoms with Gasteiger partial charge in [-0.25, -0.2) is 29.3 Å². The van der Waals surface area contributed by atoms with Crippen LogP contribution in [0.15, 0.2) is 171 Å². The first-order valence-corrected chi connectivity index (χ1v) is 41.1. The van der Waals surface area contributed by atoms with Crippen molar-refractivity contribution < 1.29 is 98.9 Å². The van der Waals surface area contributed by atoms with Crippen LogP contribution >= 0.6 is 27.5 Å². The molecule has 0 bridgehead atoms. The Balaban J connectivity index is 0.000000162. The van der Waals surface area contributed by atoms with E-state index in [0.717, 1.165) is 122 Å². The van der Waals surface area contributed by atoms with E-state index in [1.807, 2.05) is 123 Å². The van der Waals surface area contributed by atoms with Gasteiger partial charge in [-0.05, 0) is 241 Å². The molecule has 17 rings (SSSR count). The summed E-state index contributed by atoms with van der Waals surface area (Å²) in [5.41, 5.74) is 7.73. The van der Waals surface area contributed by atoms with Crippen LogP contribution in [-0.4, -0.2) is 145 Å². The Hall–Kier alpha value is -9.86. The summed E-state index contributed by atoms with van der Waals surface area (Å²) in [6, 6.07) is 31.5. The Morgan fingerprint density at radius 1 is 0.432 bits per heavy atom. The first-order chi connectivity index (χ1) is 55.7. The summed E-state index contributed by atoms with van der Waals surface area (Å²) < 4.78 is 24.8. The molecule has 118 heavy (non-hydrogen) atoms. The van der Waals surface area contributed by atoms with Gasteiger partial charge in [0.25, 0.3) is 5.24 Å². The number of ether oxygens (including phenoxy) is 3. The Bertz CT molecular complexity index is 5520. The number of aromatic carboxylic acids is 1. The molecule has 0 amide bonds. The molecule has 24 nitrogen and oxygen atoms in total. The van der Waals surface area contributed by atoms with E-state index in [0.29, 0.717) is 33.6 Å². The van der Waals surface area contributed by atoms with E-state index in [4.69, 9.17) is 41.1 Å². The minimum atomic E-state index is -0.971. The third kappa shape index (κ3) is 27.9. The molecule has 2 aromatic carbocycles. The standard InChI is InChI=1S/C21H20N2O3.C17H22N2O2.C16H20N2O2.C12H12N2O2.C12H14N2O2.C9H7ClO3.C4H7Br.Na.H/c24-13-21(26)16-5-3-15(4-6-16)20(25)10-18-9-19-17(11-22-18)7-8-23(19)12-14-1-2-14;1-17(2,3)21-16(20)9-14-8-15-13(10-18-14)6-7-19(15)11-12-4-5-12;1-16(2,3)20-15(19)13-8-14-12(9-17-13)6-7-18(14)10-11-4-5-11;15-12(16)10-5-11-9(6-13-10)3-4-14(11)7-8-1-2-8;1-12(2,3)16-11(15)10-6-9-8(7-14-10)4-5-13-9;10-9(13)7-3-1-6(2-4-7)8(12)5-11;5-3-4-1-2-4;;/h3-9,11,14,24H,1-2,10,12-13H2;6-8,10,12H,4-5,9,11H2,1-3H3;6-9,11H,4-5,10H2,1-3H3;3-6,8H,1-2,7H2,(H,15,16);4-7,13H,1-3H3;1-4,11H,5H2;4H,1-3H2;;/q;;;;;;;+1;-1. The number of aliphatic hydroxyl groups excluding tert-OH is 2. The van der Waals surface area contributed by atoms with Crippen LogP contribution in [0, 0.1) is 29.6 Å². The molecular weight excluding hydrogens is 1600 g/mol. The molecule has 5 saturated carbocycles. The van der Waals surface area contributed by atoms with Gasteiger partial charge in [-0.1, -0.05) is 52.3 Å². The van der Waals surface area contributed by atoms with E-state index in [2.05, 4.69) is 94.8 Å². The number of hydrogen-bond acceptors (Lipinski definition) is 18. The summed E-state index contributed by atoms with van der Waals surface area (Å²) in [6.07, 6.45) is 32.6. The predicted molar refractivity (Wildman–Crippen MR) is 454 cm³/mol.